The molecule has 0 spiro atoms. The van der Waals surface area contributed by atoms with Gasteiger partial charge in [0.2, 0.25) is 5.91 Å². The molecule has 3 amide bonds. The highest BCUT2D eigenvalue weighted by Crippen LogP contribution is 2.27. The third kappa shape index (κ3) is 7.79. The SMILES string of the molecule is COc1ccc(NC(=O)C(C)C(=O)NN=Cc2ccc(OCC(=O)Nc3ccccc3F)c(OC)c2)cc1. The molecule has 0 aliphatic rings. The van der Waals surface area contributed by atoms with Gasteiger partial charge in [0.25, 0.3) is 11.8 Å². The molecule has 0 radical (unpaired) electrons. The van der Waals surface area contributed by atoms with E-state index in [9.17, 15) is 18.8 Å². The Morgan fingerprint density at radius 3 is 2.34 bits per heavy atom. The van der Waals surface area contributed by atoms with Crippen molar-refractivity contribution < 1.29 is 33.0 Å². The quantitative estimate of drug-likeness (QED) is 0.201. The van der Waals surface area contributed by atoms with Crippen LogP contribution in [-0.4, -0.2) is 44.8 Å². The highest BCUT2D eigenvalue weighted by molar-refractivity contribution is 6.06. The molecule has 10 nitrogen and oxygen atoms in total. The van der Waals surface area contributed by atoms with Crippen LogP contribution in [0, 0.1) is 11.7 Å². The maximum Gasteiger partial charge on any atom is 0.262 e. The lowest BCUT2D eigenvalue weighted by Gasteiger charge is -2.12. The van der Waals surface area contributed by atoms with Crippen LogP contribution >= 0.6 is 0 Å². The molecule has 198 valence electrons. The van der Waals surface area contributed by atoms with Gasteiger partial charge in [-0.15, -0.1) is 0 Å². The van der Waals surface area contributed by atoms with Crippen molar-refractivity contribution in [2.45, 2.75) is 6.92 Å². The maximum absolute atomic E-state index is 13.7. The van der Waals surface area contributed by atoms with Crippen LogP contribution < -0.4 is 30.3 Å². The lowest BCUT2D eigenvalue weighted by Crippen LogP contribution is -2.34. The molecule has 3 N–H and O–H groups in total. The monoisotopic (exact) mass is 522 g/mol. The van der Waals surface area contributed by atoms with Crippen LogP contribution in [-0.2, 0) is 14.4 Å². The molecule has 0 aliphatic heterocycles. The summed E-state index contributed by atoms with van der Waals surface area (Å²) in [6, 6.07) is 17.3. The van der Waals surface area contributed by atoms with Gasteiger partial charge in [0, 0.05) is 5.69 Å². The normalized spacial score (nSPS) is 11.4. The van der Waals surface area contributed by atoms with E-state index >= 15 is 0 Å². The van der Waals surface area contributed by atoms with E-state index in [-0.39, 0.29) is 18.0 Å². The fourth-order valence-electron chi connectivity index (χ4n) is 3.09. The van der Waals surface area contributed by atoms with Crippen molar-refractivity contribution in [3.05, 3.63) is 78.1 Å². The van der Waals surface area contributed by atoms with E-state index in [1.165, 1.54) is 45.6 Å². The van der Waals surface area contributed by atoms with E-state index in [0.29, 0.717) is 22.7 Å². The summed E-state index contributed by atoms with van der Waals surface area (Å²) in [4.78, 5) is 36.8. The summed E-state index contributed by atoms with van der Waals surface area (Å²) >= 11 is 0. The van der Waals surface area contributed by atoms with Crippen LogP contribution in [0.4, 0.5) is 15.8 Å². The fourth-order valence-corrected chi connectivity index (χ4v) is 3.09. The number of carbonyl (C=O) groups is 3. The Morgan fingerprint density at radius 2 is 1.66 bits per heavy atom. The molecule has 0 aliphatic carbocycles. The van der Waals surface area contributed by atoms with Crippen molar-refractivity contribution >= 4 is 35.3 Å². The first-order valence-corrected chi connectivity index (χ1v) is 11.4. The zero-order valence-electron chi connectivity index (χ0n) is 21.0. The molecule has 11 heteroatoms. The summed E-state index contributed by atoms with van der Waals surface area (Å²) in [5.74, 6) is -1.96. The van der Waals surface area contributed by atoms with Gasteiger partial charge in [0.15, 0.2) is 18.1 Å². The minimum absolute atomic E-state index is 0.0502. The number of nitrogens with one attached hydrogen (secondary N) is 3. The third-order valence-corrected chi connectivity index (χ3v) is 5.23. The predicted molar refractivity (Wildman–Crippen MR) is 140 cm³/mol. The molecule has 3 rings (SSSR count). The number of rotatable bonds is 11. The molecule has 38 heavy (non-hydrogen) atoms. The topological polar surface area (TPSA) is 127 Å². The number of anilines is 2. The number of ether oxygens (including phenoxy) is 3. The molecule has 0 heterocycles. The number of hydrazone groups is 1. The Labute approximate surface area is 218 Å². The molecule has 1 atom stereocenters. The highest BCUT2D eigenvalue weighted by atomic mass is 19.1. The van der Waals surface area contributed by atoms with Crippen molar-refractivity contribution in [2.24, 2.45) is 11.0 Å². The lowest BCUT2D eigenvalue weighted by atomic mass is 10.1. The largest absolute Gasteiger partial charge is 0.497 e. The first-order valence-electron chi connectivity index (χ1n) is 11.4. The Balaban J connectivity index is 1.51. The lowest BCUT2D eigenvalue weighted by molar-refractivity contribution is -0.131. The summed E-state index contributed by atoms with van der Waals surface area (Å²) < 4.78 is 29.5. The van der Waals surface area contributed by atoms with E-state index in [1.807, 2.05) is 0 Å². The van der Waals surface area contributed by atoms with Gasteiger partial charge in [-0.3, -0.25) is 14.4 Å². The maximum atomic E-state index is 13.7. The molecular formula is C27H27FN4O6. The number of halogens is 1. The first kappa shape index (κ1) is 27.7. The van der Waals surface area contributed by atoms with Gasteiger partial charge in [-0.05, 0) is 67.1 Å². The second-order valence-corrected chi connectivity index (χ2v) is 7.90. The van der Waals surface area contributed by atoms with Crippen molar-refractivity contribution in [2.75, 3.05) is 31.5 Å². The van der Waals surface area contributed by atoms with Crippen molar-refractivity contribution in [1.82, 2.24) is 5.43 Å². The minimum atomic E-state index is -1.00. The van der Waals surface area contributed by atoms with E-state index in [1.54, 1.807) is 48.5 Å². The number of carbonyl (C=O) groups excluding carboxylic acids is 3. The van der Waals surface area contributed by atoms with Gasteiger partial charge in [-0.2, -0.15) is 5.10 Å². The van der Waals surface area contributed by atoms with Crippen LogP contribution in [0.5, 0.6) is 17.2 Å². The van der Waals surface area contributed by atoms with Crippen LogP contribution in [0.2, 0.25) is 0 Å². The first-order chi connectivity index (χ1) is 18.3. The van der Waals surface area contributed by atoms with Gasteiger partial charge < -0.3 is 24.8 Å². The number of nitrogens with zero attached hydrogens (tertiary/aromatic N) is 1. The number of methoxy groups -OCH3 is 2. The summed E-state index contributed by atoms with van der Waals surface area (Å²) in [5, 5.41) is 8.97. The van der Waals surface area contributed by atoms with Gasteiger partial charge >= 0.3 is 0 Å². The smallest absolute Gasteiger partial charge is 0.262 e. The van der Waals surface area contributed by atoms with Gasteiger partial charge in [-0.25, -0.2) is 9.82 Å². The van der Waals surface area contributed by atoms with E-state index in [2.05, 4.69) is 21.2 Å². The fraction of sp³-hybridized carbons (Fsp3) is 0.185. The van der Waals surface area contributed by atoms with Crippen LogP contribution in [0.15, 0.2) is 71.8 Å². The highest BCUT2D eigenvalue weighted by Gasteiger charge is 2.21. The van der Waals surface area contributed by atoms with Gasteiger partial charge in [0.05, 0.1) is 26.1 Å². The molecule has 1 unspecified atom stereocenters. The number of hydrogen-bond donors (Lipinski definition) is 3. The van der Waals surface area contributed by atoms with E-state index < -0.39 is 29.5 Å². The number of para-hydroxylation sites is 1. The second kappa shape index (κ2) is 13.4. The predicted octanol–water partition coefficient (Wildman–Crippen LogP) is 3.59. The average molecular weight is 523 g/mol. The van der Waals surface area contributed by atoms with Crippen LogP contribution in [0.25, 0.3) is 0 Å². The minimum Gasteiger partial charge on any atom is -0.497 e. The third-order valence-electron chi connectivity index (χ3n) is 5.23. The van der Waals surface area contributed by atoms with Crippen molar-refractivity contribution in [1.29, 1.82) is 0 Å². The zero-order valence-corrected chi connectivity index (χ0v) is 21.0. The Kier molecular flexibility index (Phi) is 9.75. The zero-order chi connectivity index (χ0) is 27.5. The van der Waals surface area contributed by atoms with E-state index in [4.69, 9.17) is 14.2 Å². The number of hydrogen-bond acceptors (Lipinski definition) is 7. The van der Waals surface area contributed by atoms with Gasteiger partial charge in [0.1, 0.15) is 17.5 Å². The van der Waals surface area contributed by atoms with Crippen molar-refractivity contribution in [3.8, 4) is 17.2 Å². The summed E-state index contributed by atoms with van der Waals surface area (Å²) in [7, 11) is 2.96. The van der Waals surface area contributed by atoms with E-state index in [0.717, 1.165) is 0 Å². The van der Waals surface area contributed by atoms with Crippen LogP contribution in [0.3, 0.4) is 0 Å². The summed E-state index contributed by atoms with van der Waals surface area (Å²) in [5.41, 5.74) is 3.46. The molecule has 0 saturated carbocycles. The summed E-state index contributed by atoms with van der Waals surface area (Å²) in [6.45, 7) is 1.09. The molecule has 0 aromatic heterocycles. The molecule has 3 aromatic carbocycles. The van der Waals surface area contributed by atoms with Gasteiger partial charge in [-0.1, -0.05) is 12.1 Å². The standard InChI is InChI=1S/C27H27FN4O6/c1-17(26(34)30-19-9-11-20(36-2)12-10-19)27(35)32-29-15-18-8-13-23(24(14-18)37-3)38-16-25(33)31-22-7-5-4-6-21(22)28/h4-15,17H,16H2,1-3H3,(H,30,34)(H,31,33)(H,32,35). The molecule has 0 saturated heterocycles. The average Bonchev–Trinajstić information content (AvgIpc) is 2.93. The molecule has 0 bridgehead atoms. The molecular weight excluding hydrogens is 495 g/mol. The van der Waals surface area contributed by atoms with Crippen molar-refractivity contribution in [3.63, 3.8) is 0 Å². The number of benzene rings is 3. The van der Waals surface area contributed by atoms with Crippen LogP contribution in [0.1, 0.15) is 12.5 Å². The molecule has 0 fully saturated rings. The Bertz CT molecular complexity index is 1310. The molecule has 3 aromatic rings. The Hall–Kier alpha value is -4.93. The number of amides is 3. The Morgan fingerprint density at radius 1 is 0.921 bits per heavy atom. The second-order valence-electron chi connectivity index (χ2n) is 7.90. The summed E-state index contributed by atoms with van der Waals surface area (Å²) in [6.07, 6.45) is 1.36.